The molecule has 0 aliphatic carbocycles. The number of aliphatic hydroxyl groups is 3. The Bertz CT molecular complexity index is 381. The molecule has 0 bridgehead atoms. The van der Waals surface area contributed by atoms with Crippen LogP contribution in [0.1, 0.15) is 103 Å². The van der Waals surface area contributed by atoms with Crippen molar-refractivity contribution in [3.05, 3.63) is 12.2 Å². The summed E-state index contributed by atoms with van der Waals surface area (Å²) in [5.74, 6) is 0. The maximum absolute atomic E-state index is 9.89. The Morgan fingerprint density at radius 2 is 1.22 bits per heavy atom. The number of hydrogen-bond donors (Lipinski definition) is 4. The number of unbranched alkanes of at least 4 members (excludes halogenated alkanes) is 10. The fraction of sp³-hybridized carbons (Fsp3) is 0.923. The van der Waals surface area contributed by atoms with Crippen LogP contribution in [0.2, 0.25) is 0 Å². The van der Waals surface area contributed by atoms with Gasteiger partial charge in [-0.3, -0.25) is 0 Å². The molecule has 6 nitrogen and oxygen atoms in total. The third kappa shape index (κ3) is 24.1. The molecule has 2 atom stereocenters. The van der Waals surface area contributed by atoms with Crippen molar-refractivity contribution in [3.8, 4) is 0 Å². The van der Waals surface area contributed by atoms with Crippen molar-refractivity contribution in [2.24, 2.45) is 0 Å². The molecule has 0 saturated heterocycles. The lowest BCUT2D eigenvalue weighted by molar-refractivity contribution is -0.155. The van der Waals surface area contributed by atoms with Gasteiger partial charge in [0, 0.05) is 19.6 Å². The lowest BCUT2D eigenvalue weighted by atomic mass is 10.0. The van der Waals surface area contributed by atoms with Gasteiger partial charge in [0.25, 0.3) is 0 Å². The molecule has 4 N–H and O–H groups in total. The SMILES string of the molecule is CNCCCC(O)CCCCCCC/C=C\CCCCCCCOC(CCO)OCCO. The van der Waals surface area contributed by atoms with Crippen molar-refractivity contribution >= 4 is 0 Å². The van der Waals surface area contributed by atoms with E-state index < -0.39 is 6.29 Å². The smallest absolute Gasteiger partial charge is 0.159 e. The standard InChI is InChI=1S/C26H53NO5/c1-27-20-16-18-25(30)17-14-12-10-8-6-4-2-3-5-7-9-11-13-15-23-31-26(19-21-28)32-24-22-29/h2-3,25-30H,4-24H2,1H3/b3-2-. The second-order valence-corrected chi connectivity index (χ2v) is 8.68. The van der Waals surface area contributed by atoms with Crippen LogP contribution in [0, 0.1) is 0 Å². The van der Waals surface area contributed by atoms with Gasteiger partial charge in [0.15, 0.2) is 6.29 Å². The molecule has 6 heteroatoms. The van der Waals surface area contributed by atoms with Gasteiger partial charge in [-0.2, -0.15) is 0 Å². The first-order valence-electron chi connectivity index (χ1n) is 13.2. The molecule has 0 spiro atoms. The number of nitrogens with one attached hydrogen (secondary N) is 1. The largest absolute Gasteiger partial charge is 0.396 e. The first-order valence-corrected chi connectivity index (χ1v) is 13.2. The van der Waals surface area contributed by atoms with Crippen LogP contribution in [0.4, 0.5) is 0 Å². The summed E-state index contributed by atoms with van der Waals surface area (Å²) >= 11 is 0. The fourth-order valence-corrected chi connectivity index (χ4v) is 3.68. The highest BCUT2D eigenvalue weighted by Crippen LogP contribution is 2.12. The highest BCUT2D eigenvalue weighted by molar-refractivity contribution is 4.81. The summed E-state index contributed by atoms with van der Waals surface area (Å²) in [7, 11) is 1.96. The van der Waals surface area contributed by atoms with Crippen LogP contribution in [0.3, 0.4) is 0 Å². The number of ether oxygens (including phenoxy) is 2. The summed E-state index contributed by atoms with van der Waals surface area (Å²) in [4.78, 5) is 0. The molecular formula is C26H53NO5. The lowest BCUT2D eigenvalue weighted by Crippen LogP contribution is -2.21. The first-order chi connectivity index (χ1) is 15.7. The van der Waals surface area contributed by atoms with E-state index in [0.717, 1.165) is 45.1 Å². The zero-order valence-electron chi connectivity index (χ0n) is 20.8. The molecule has 0 aliphatic rings. The van der Waals surface area contributed by atoms with Crippen LogP contribution >= 0.6 is 0 Å². The molecule has 0 rings (SSSR count). The monoisotopic (exact) mass is 459 g/mol. The zero-order chi connectivity index (χ0) is 23.5. The Balaban J connectivity index is 3.31. The molecule has 0 radical (unpaired) electrons. The molecule has 2 unspecified atom stereocenters. The van der Waals surface area contributed by atoms with Crippen LogP contribution < -0.4 is 5.32 Å². The van der Waals surface area contributed by atoms with Crippen molar-refractivity contribution in [2.45, 2.75) is 115 Å². The molecule has 0 heterocycles. The predicted octanol–water partition coefficient (Wildman–Crippen LogP) is 4.71. The van der Waals surface area contributed by atoms with Gasteiger partial charge in [0.05, 0.1) is 19.3 Å². The van der Waals surface area contributed by atoms with Crippen LogP contribution in [0.15, 0.2) is 12.2 Å². The second kappa shape index (κ2) is 26.7. The van der Waals surface area contributed by atoms with Gasteiger partial charge >= 0.3 is 0 Å². The molecule has 0 fully saturated rings. The van der Waals surface area contributed by atoms with Crippen LogP contribution in [-0.2, 0) is 9.47 Å². The molecule has 32 heavy (non-hydrogen) atoms. The minimum Gasteiger partial charge on any atom is -0.396 e. The third-order valence-electron chi connectivity index (χ3n) is 5.62. The number of hydrogen-bond acceptors (Lipinski definition) is 6. The van der Waals surface area contributed by atoms with Crippen LogP contribution in [-0.4, -0.2) is 67.7 Å². The van der Waals surface area contributed by atoms with Crippen LogP contribution in [0.5, 0.6) is 0 Å². The molecule has 0 saturated carbocycles. The van der Waals surface area contributed by atoms with Gasteiger partial charge in [0.1, 0.15) is 0 Å². The van der Waals surface area contributed by atoms with Gasteiger partial charge in [-0.25, -0.2) is 0 Å². The summed E-state index contributed by atoms with van der Waals surface area (Å²) in [6.45, 7) is 1.90. The maximum Gasteiger partial charge on any atom is 0.159 e. The molecular weight excluding hydrogens is 406 g/mol. The van der Waals surface area contributed by atoms with Crippen LogP contribution in [0.25, 0.3) is 0 Å². The zero-order valence-corrected chi connectivity index (χ0v) is 20.8. The quantitative estimate of drug-likeness (QED) is 0.0851. The molecule has 0 aromatic carbocycles. The van der Waals surface area contributed by atoms with Crippen molar-refractivity contribution in [1.82, 2.24) is 5.32 Å². The van der Waals surface area contributed by atoms with Crippen molar-refractivity contribution < 1.29 is 24.8 Å². The Labute approximate surface area is 197 Å². The normalized spacial score (nSPS) is 13.8. The summed E-state index contributed by atoms with van der Waals surface area (Å²) in [6, 6.07) is 0. The van der Waals surface area contributed by atoms with E-state index in [0.29, 0.717) is 13.0 Å². The predicted molar refractivity (Wildman–Crippen MR) is 133 cm³/mol. The van der Waals surface area contributed by atoms with E-state index in [4.69, 9.17) is 19.7 Å². The van der Waals surface area contributed by atoms with Gasteiger partial charge in [-0.1, -0.05) is 57.1 Å². The average Bonchev–Trinajstić information content (AvgIpc) is 2.79. The Hall–Kier alpha value is -0.500. The molecule has 192 valence electrons. The van der Waals surface area contributed by atoms with Crippen molar-refractivity contribution in [3.63, 3.8) is 0 Å². The molecule has 0 amide bonds. The van der Waals surface area contributed by atoms with E-state index in [9.17, 15) is 5.11 Å². The van der Waals surface area contributed by atoms with Gasteiger partial charge in [-0.05, 0) is 65.0 Å². The van der Waals surface area contributed by atoms with E-state index in [-0.39, 0.29) is 25.9 Å². The summed E-state index contributed by atoms with van der Waals surface area (Å²) in [6.07, 6.45) is 22.1. The molecule has 0 aromatic rings. The maximum atomic E-state index is 9.89. The molecule has 0 aliphatic heterocycles. The van der Waals surface area contributed by atoms with Crippen molar-refractivity contribution in [2.75, 3.05) is 40.0 Å². The summed E-state index contributed by atoms with van der Waals surface area (Å²) in [5.41, 5.74) is 0. The average molecular weight is 460 g/mol. The minimum atomic E-state index is -0.400. The van der Waals surface area contributed by atoms with E-state index in [1.54, 1.807) is 0 Å². The number of allylic oxidation sites excluding steroid dienone is 2. The van der Waals surface area contributed by atoms with Gasteiger partial charge in [-0.15, -0.1) is 0 Å². The molecule has 0 aromatic heterocycles. The highest BCUT2D eigenvalue weighted by Gasteiger charge is 2.08. The second-order valence-electron chi connectivity index (χ2n) is 8.68. The first kappa shape index (κ1) is 31.5. The van der Waals surface area contributed by atoms with E-state index >= 15 is 0 Å². The lowest BCUT2D eigenvalue weighted by Gasteiger charge is -2.17. The number of aliphatic hydroxyl groups excluding tert-OH is 3. The van der Waals surface area contributed by atoms with Gasteiger partial charge in [0.2, 0.25) is 0 Å². The Morgan fingerprint density at radius 3 is 1.84 bits per heavy atom. The minimum absolute atomic E-state index is 0.0245. The van der Waals surface area contributed by atoms with Gasteiger partial charge < -0.3 is 30.1 Å². The van der Waals surface area contributed by atoms with E-state index in [2.05, 4.69) is 17.5 Å². The highest BCUT2D eigenvalue weighted by atomic mass is 16.7. The Morgan fingerprint density at radius 1 is 0.656 bits per heavy atom. The summed E-state index contributed by atoms with van der Waals surface area (Å²) < 4.78 is 10.9. The summed E-state index contributed by atoms with van der Waals surface area (Å²) in [5, 5.41) is 30.8. The Kier molecular flexibility index (Phi) is 26.3. The topological polar surface area (TPSA) is 91.2 Å². The van der Waals surface area contributed by atoms with E-state index in [1.165, 1.54) is 57.8 Å². The number of rotatable bonds is 26. The fourth-order valence-electron chi connectivity index (χ4n) is 3.68. The third-order valence-corrected chi connectivity index (χ3v) is 5.62. The van der Waals surface area contributed by atoms with Crippen molar-refractivity contribution in [1.29, 1.82) is 0 Å². The van der Waals surface area contributed by atoms with E-state index in [1.807, 2.05) is 7.05 Å².